The molecule has 0 aromatic carbocycles. The molecule has 5 heteroatoms. The van der Waals surface area contributed by atoms with Gasteiger partial charge in [-0.15, -0.1) is 0 Å². The number of rotatable bonds is 7. The Morgan fingerprint density at radius 2 is 2.11 bits per heavy atom. The van der Waals surface area contributed by atoms with E-state index >= 15 is 0 Å². The smallest absolute Gasteiger partial charge is 0.350 e. The van der Waals surface area contributed by atoms with Gasteiger partial charge in [0, 0.05) is 6.92 Å². The zero-order chi connectivity index (χ0) is 20.2. The first-order valence-electron chi connectivity index (χ1n) is 10.2. The van der Waals surface area contributed by atoms with Crippen molar-refractivity contribution in [2.75, 3.05) is 7.11 Å². The lowest BCUT2D eigenvalue weighted by Gasteiger charge is -2.44. The number of carbonyl (C=O) groups excluding carboxylic acids is 2. The van der Waals surface area contributed by atoms with Gasteiger partial charge in [-0.1, -0.05) is 41.8 Å². The van der Waals surface area contributed by atoms with Crippen LogP contribution in [0.25, 0.3) is 0 Å². The van der Waals surface area contributed by atoms with E-state index in [-0.39, 0.29) is 0 Å². The molecule has 0 heterocycles. The minimum atomic E-state index is -1.18. The van der Waals surface area contributed by atoms with Crippen LogP contribution in [-0.4, -0.2) is 24.6 Å². The Bertz CT molecular complexity index is 587. The second-order valence-corrected chi connectivity index (χ2v) is 9.42. The predicted octanol–water partition coefficient (Wildman–Crippen LogP) is 5.78. The molecule has 2 aliphatic rings. The highest BCUT2D eigenvalue weighted by molar-refractivity contribution is 9.11. The molecule has 5 atom stereocenters. The second kappa shape index (κ2) is 9.11. The van der Waals surface area contributed by atoms with Crippen LogP contribution in [-0.2, 0) is 19.1 Å². The Kier molecular flexibility index (Phi) is 7.57. The Labute approximate surface area is 172 Å². The van der Waals surface area contributed by atoms with E-state index in [1.807, 2.05) is 0 Å². The summed E-state index contributed by atoms with van der Waals surface area (Å²) < 4.78 is 10.2. The van der Waals surface area contributed by atoms with Crippen molar-refractivity contribution < 1.29 is 19.1 Å². The van der Waals surface area contributed by atoms with Crippen LogP contribution in [0.4, 0.5) is 0 Å². The molecule has 0 spiro atoms. The maximum absolute atomic E-state index is 12.1. The van der Waals surface area contributed by atoms with E-state index in [9.17, 15) is 9.59 Å². The van der Waals surface area contributed by atoms with Crippen molar-refractivity contribution in [3.8, 4) is 0 Å². The first-order valence-corrected chi connectivity index (χ1v) is 11.2. The maximum atomic E-state index is 12.1. The molecule has 0 aromatic rings. The molecule has 0 radical (unpaired) electrons. The van der Waals surface area contributed by atoms with Crippen molar-refractivity contribution in [1.29, 1.82) is 0 Å². The highest BCUT2D eigenvalue weighted by Crippen LogP contribution is 2.60. The lowest BCUT2D eigenvalue weighted by atomic mass is 9.61. The minimum Gasteiger partial charge on any atom is -0.466 e. The highest BCUT2D eigenvalue weighted by Gasteiger charge is 2.50. The summed E-state index contributed by atoms with van der Waals surface area (Å²) in [4.78, 5) is 25.7. The summed E-state index contributed by atoms with van der Waals surface area (Å²) in [6, 6.07) is 0. The summed E-state index contributed by atoms with van der Waals surface area (Å²) in [6.07, 6.45) is 8.77. The molecule has 2 aliphatic carbocycles. The van der Waals surface area contributed by atoms with E-state index in [2.05, 4.69) is 34.8 Å². The lowest BCUT2D eigenvalue weighted by molar-refractivity contribution is -0.178. The number of allylic oxidation sites excluding steroid dienone is 1. The standard InChI is InChI=1S/C22H35BrO4/c1-15(8-6-13-22(4,20(25)26-5)27-16(2)24)18-10-11-19-17(14-23)9-7-12-21(18,19)3/h14-15,18-19H,6-13H2,1-5H3/b17-14+/t15-,18-,19?,21-,22-/m1/s1. The Morgan fingerprint density at radius 3 is 2.70 bits per heavy atom. The molecule has 27 heavy (non-hydrogen) atoms. The van der Waals surface area contributed by atoms with E-state index in [0.717, 1.165) is 12.8 Å². The summed E-state index contributed by atoms with van der Waals surface area (Å²) in [5.41, 5.74) is 0.796. The average molecular weight is 443 g/mol. The molecule has 0 amide bonds. The van der Waals surface area contributed by atoms with Gasteiger partial charge < -0.3 is 9.47 Å². The van der Waals surface area contributed by atoms with E-state index in [0.29, 0.717) is 29.6 Å². The largest absolute Gasteiger partial charge is 0.466 e. The van der Waals surface area contributed by atoms with E-state index < -0.39 is 17.5 Å². The minimum absolute atomic E-state index is 0.388. The number of hydrogen-bond acceptors (Lipinski definition) is 4. The monoisotopic (exact) mass is 442 g/mol. The molecule has 0 aromatic heterocycles. The van der Waals surface area contributed by atoms with Crippen LogP contribution in [0.15, 0.2) is 10.6 Å². The van der Waals surface area contributed by atoms with Gasteiger partial charge in [0.1, 0.15) is 0 Å². The van der Waals surface area contributed by atoms with Crippen LogP contribution < -0.4 is 0 Å². The van der Waals surface area contributed by atoms with Crippen molar-refractivity contribution in [2.45, 2.75) is 84.7 Å². The van der Waals surface area contributed by atoms with Crippen LogP contribution in [0.1, 0.15) is 79.1 Å². The van der Waals surface area contributed by atoms with Gasteiger partial charge in [0.25, 0.3) is 0 Å². The third-order valence-corrected chi connectivity index (χ3v) is 7.75. The van der Waals surface area contributed by atoms with Gasteiger partial charge in [-0.2, -0.15) is 0 Å². The van der Waals surface area contributed by atoms with Gasteiger partial charge in [-0.25, -0.2) is 4.79 Å². The zero-order valence-corrected chi connectivity index (χ0v) is 19.1. The molecule has 1 unspecified atom stereocenters. The lowest BCUT2D eigenvalue weighted by Crippen LogP contribution is -2.41. The van der Waals surface area contributed by atoms with Crippen molar-refractivity contribution in [3.63, 3.8) is 0 Å². The first kappa shape index (κ1) is 22.4. The van der Waals surface area contributed by atoms with Crippen LogP contribution in [0, 0.1) is 23.2 Å². The van der Waals surface area contributed by atoms with Crippen molar-refractivity contribution >= 4 is 27.9 Å². The fourth-order valence-corrected chi connectivity index (χ4v) is 6.38. The molecule has 0 N–H and O–H groups in total. The van der Waals surface area contributed by atoms with Crippen LogP contribution in [0.3, 0.4) is 0 Å². The quantitative estimate of drug-likeness (QED) is 0.468. The number of esters is 2. The normalized spacial score (nSPS) is 32.4. The molecule has 0 bridgehead atoms. The number of carbonyl (C=O) groups is 2. The number of hydrogen-bond donors (Lipinski definition) is 0. The first-order chi connectivity index (χ1) is 12.7. The molecule has 2 rings (SSSR count). The SMILES string of the molecule is COC(=O)[C@@](C)(CCC[C@@H](C)[C@H]1CCC2/C(=C/Br)CCC[C@@]21C)OC(C)=O. The molecular weight excluding hydrogens is 408 g/mol. The Hall–Kier alpha value is -0.840. The molecule has 0 aliphatic heterocycles. The van der Waals surface area contributed by atoms with Crippen molar-refractivity contribution in [3.05, 3.63) is 10.6 Å². The van der Waals surface area contributed by atoms with Crippen LogP contribution in [0.5, 0.6) is 0 Å². The molecular formula is C22H35BrO4. The van der Waals surface area contributed by atoms with Crippen molar-refractivity contribution in [1.82, 2.24) is 0 Å². The van der Waals surface area contributed by atoms with Gasteiger partial charge >= 0.3 is 11.9 Å². The van der Waals surface area contributed by atoms with Gasteiger partial charge in [0.15, 0.2) is 0 Å². The Balaban J connectivity index is 1.98. The topological polar surface area (TPSA) is 52.6 Å². The second-order valence-electron chi connectivity index (χ2n) is 8.97. The van der Waals surface area contributed by atoms with E-state index in [1.165, 1.54) is 46.1 Å². The van der Waals surface area contributed by atoms with E-state index in [4.69, 9.17) is 9.47 Å². The third kappa shape index (κ3) is 4.78. The molecule has 0 saturated heterocycles. The zero-order valence-electron chi connectivity index (χ0n) is 17.5. The molecule has 2 fully saturated rings. The maximum Gasteiger partial charge on any atom is 0.350 e. The fraction of sp³-hybridized carbons (Fsp3) is 0.818. The Morgan fingerprint density at radius 1 is 1.41 bits per heavy atom. The van der Waals surface area contributed by atoms with E-state index in [1.54, 1.807) is 12.5 Å². The molecule has 154 valence electrons. The predicted molar refractivity (Wildman–Crippen MR) is 110 cm³/mol. The number of ether oxygens (including phenoxy) is 2. The molecule has 2 saturated carbocycles. The number of methoxy groups -OCH3 is 1. The summed E-state index contributed by atoms with van der Waals surface area (Å²) in [5.74, 6) is 1.09. The highest BCUT2D eigenvalue weighted by atomic mass is 79.9. The number of fused-ring (bicyclic) bond motifs is 1. The van der Waals surface area contributed by atoms with Gasteiger partial charge in [0.05, 0.1) is 7.11 Å². The molecule has 4 nitrogen and oxygen atoms in total. The van der Waals surface area contributed by atoms with Gasteiger partial charge in [-0.05, 0) is 80.0 Å². The summed E-state index contributed by atoms with van der Waals surface area (Å²) in [6.45, 7) is 7.83. The third-order valence-electron chi connectivity index (χ3n) is 7.16. The summed E-state index contributed by atoms with van der Waals surface area (Å²) in [5, 5.41) is 0. The summed E-state index contributed by atoms with van der Waals surface area (Å²) in [7, 11) is 1.34. The van der Waals surface area contributed by atoms with Gasteiger partial charge in [0.2, 0.25) is 5.60 Å². The van der Waals surface area contributed by atoms with Crippen LogP contribution >= 0.6 is 15.9 Å². The number of halogens is 1. The van der Waals surface area contributed by atoms with Crippen LogP contribution in [0.2, 0.25) is 0 Å². The van der Waals surface area contributed by atoms with Crippen molar-refractivity contribution in [2.24, 2.45) is 23.2 Å². The fourth-order valence-electron chi connectivity index (χ4n) is 5.84. The van der Waals surface area contributed by atoms with Gasteiger partial charge in [-0.3, -0.25) is 4.79 Å². The average Bonchev–Trinajstić information content (AvgIpc) is 2.97. The summed E-state index contributed by atoms with van der Waals surface area (Å²) >= 11 is 3.58.